The van der Waals surface area contributed by atoms with Gasteiger partial charge in [0.05, 0.1) is 12.3 Å². The summed E-state index contributed by atoms with van der Waals surface area (Å²) < 4.78 is 0.963. The Morgan fingerprint density at radius 1 is 1.32 bits per heavy atom. The van der Waals surface area contributed by atoms with Gasteiger partial charge < -0.3 is 10.4 Å². The minimum absolute atomic E-state index is 0.148. The summed E-state index contributed by atoms with van der Waals surface area (Å²) in [5, 5.41) is 11.7. The number of hydrogen-bond donors (Lipinski definition) is 2. The zero-order valence-electron chi connectivity index (χ0n) is 10.9. The van der Waals surface area contributed by atoms with E-state index < -0.39 is 11.9 Å². The van der Waals surface area contributed by atoms with Crippen LogP contribution in [0.4, 0.5) is 0 Å². The molecular formula is C14H18BrNO3. The molecular weight excluding hydrogens is 310 g/mol. The topological polar surface area (TPSA) is 66.4 Å². The summed E-state index contributed by atoms with van der Waals surface area (Å²) in [6.45, 7) is 2.12. The van der Waals surface area contributed by atoms with Gasteiger partial charge in [0, 0.05) is 11.0 Å². The summed E-state index contributed by atoms with van der Waals surface area (Å²) in [5.41, 5.74) is 0.906. The number of carboxylic acid groups (broad SMARTS) is 1. The van der Waals surface area contributed by atoms with Crippen LogP contribution in [0.3, 0.4) is 0 Å². The zero-order valence-corrected chi connectivity index (χ0v) is 12.4. The Morgan fingerprint density at radius 2 is 1.95 bits per heavy atom. The predicted molar refractivity (Wildman–Crippen MR) is 76.9 cm³/mol. The van der Waals surface area contributed by atoms with Crippen molar-refractivity contribution in [2.24, 2.45) is 5.92 Å². The second-order valence-electron chi connectivity index (χ2n) is 4.43. The molecule has 0 aromatic heterocycles. The maximum atomic E-state index is 11.7. The number of carboxylic acids is 1. The maximum Gasteiger partial charge on any atom is 0.308 e. The lowest BCUT2D eigenvalue weighted by atomic mass is 10.0. The number of aliphatic carboxylic acids is 1. The molecule has 0 saturated carbocycles. The van der Waals surface area contributed by atoms with E-state index in [-0.39, 0.29) is 18.9 Å². The van der Waals surface area contributed by atoms with E-state index in [2.05, 4.69) is 21.2 Å². The number of benzene rings is 1. The highest BCUT2D eigenvalue weighted by Crippen LogP contribution is 2.11. The average Bonchev–Trinajstić information content (AvgIpc) is 2.37. The molecule has 2 N–H and O–H groups in total. The molecule has 1 unspecified atom stereocenters. The number of halogens is 1. The molecule has 0 radical (unpaired) electrons. The van der Waals surface area contributed by atoms with Crippen LogP contribution >= 0.6 is 15.9 Å². The first kappa shape index (κ1) is 15.7. The summed E-state index contributed by atoms with van der Waals surface area (Å²) in [7, 11) is 0. The number of amides is 1. The molecule has 104 valence electrons. The summed E-state index contributed by atoms with van der Waals surface area (Å²) in [5.74, 6) is -1.51. The zero-order chi connectivity index (χ0) is 14.3. The summed E-state index contributed by atoms with van der Waals surface area (Å²) in [6, 6.07) is 7.48. The molecule has 0 aliphatic carbocycles. The molecule has 1 atom stereocenters. The largest absolute Gasteiger partial charge is 0.481 e. The van der Waals surface area contributed by atoms with Crippen molar-refractivity contribution in [3.05, 3.63) is 34.3 Å². The van der Waals surface area contributed by atoms with Gasteiger partial charge in [0.1, 0.15) is 0 Å². The van der Waals surface area contributed by atoms with E-state index in [0.29, 0.717) is 6.42 Å². The van der Waals surface area contributed by atoms with Crippen LogP contribution in [-0.2, 0) is 16.0 Å². The Hall–Kier alpha value is -1.36. The summed E-state index contributed by atoms with van der Waals surface area (Å²) in [6.07, 6.45) is 1.64. The standard InChI is InChI=1S/C14H18BrNO3/c1-2-3-11(14(18)19)9-16-13(17)8-10-4-6-12(15)7-5-10/h4-7,11H,2-3,8-9H2,1H3,(H,16,17)(H,18,19). The number of carbonyl (C=O) groups is 2. The lowest BCUT2D eigenvalue weighted by molar-refractivity contribution is -0.141. The van der Waals surface area contributed by atoms with E-state index in [9.17, 15) is 9.59 Å². The fourth-order valence-electron chi connectivity index (χ4n) is 1.75. The molecule has 19 heavy (non-hydrogen) atoms. The van der Waals surface area contributed by atoms with Crippen LogP contribution in [0.2, 0.25) is 0 Å². The lowest BCUT2D eigenvalue weighted by Gasteiger charge is -2.12. The van der Waals surface area contributed by atoms with E-state index in [1.165, 1.54) is 0 Å². The van der Waals surface area contributed by atoms with Gasteiger partial charge >= 0.3 is 5.97 Å². The number of hydrogen-bond acceptors (Lipinski definition) is 2. The average molecular weight is 328 g/mol. The van der Waals surface area contributed by atoms with Gasteiger partial charge in [0.15, 0.2) is 0 Å². The lowest BCUT2D eigenvalue weighted by Crippen LogP contribution is -2.33. The number of rotatable bonds is 7. The molecule has 0 saturated heterocycles. The molecule has 0 aliphatic heterocycles. The quantitative estimate of drug-likeness (QED) is 0.808. The van der Waals surface area contributed by atoms with Crippen molar-refractivity contribution in [3.63, 3.8) is 0 Å². The predicted octanol–water partition coefficient (Wildman–Crippen LogP) is 2.61. The van der Waals surface area contributed by atoms with Gasteiger partial charge in [-0.25, -0.2) is 0 Å². The second kappa shape index (κ2) is 7.94. The number of nitrogens with one attached hydrogen (secondary N) is 1. The van der Waals surface area contributed by atoms with Crippen LogP contribution in [0.15, 0.2) is 28.7 Å². The second-order valence-corrected chi connectivity index (χ2v) is 5.35. The van der Waals surface area contributed by atoms with Gasteiger partial charge in [-0.3, -0.25) is 9.59 Å². The fraction of sp³-hybridized carbons (Fsp3) is 0.429. The third kappa shape index (κ3) is 5.87. The first-order valence-electron chi connectivity index (χ1n) is 6.27. The SMILES string of the molecule is CCCC(CNC(=O)Cc1ccc(Br)cc1)C(=O)O. The molecule has 1 amide bonds. The fourth-order valence-corrected chi connectivity index (χ4v) is 2.01. The van der Waals surface area contributed by atoms with Crippen LogP contribution in [0.5, 0.6) is 0 Å². The molecule has 0 aliphatic rings. The van der Waals surface area contributed by atoms with Gasteiger partial charge in [-0.15, -0.1) is 0 Å². The Bertz CT molecular complexity index is 431. The van der Waals surface area contributed by atoms with Crippen molar-refractivity contribution in [1.82, 2.24) is 5.32 Å². The molecule has 4 nitrogen and oxygen atoms in total. The van der Waals surface area contributed by atoms with Crippen LogP contribution in [0.25, 0.3) is 0 Å². The highest BCUT2D eigenvalue weighted by molar-refractivity contribution is 9.10. The van der Waals surface area contributed by atoms with Gasteiger partial charge in [-0.1, -0.05) is 41.4 Å². The Morgan fingerprint density at radius 3 is 2.47 bits per heavy atom. The van der Waals surface area contributed by atoms with Gasteiger partial charge in [-0.05, 0) is 24.1 Å². The van der Waals surface area contributed by atoms with Crippen LogP contribution in [-0.4, -0.2) is 23.5 Å². The normalized spacial score (nSPS) is 11.9. The van der Waals surface area contributed by atoms with Crippen molar-refractivity contribution in [2.75, 3.05) is 6.54 Å². The van der Waals surface area contributed by atoms with Crippen molar-refractivity contribution in [1.29, 1.82) is 0 Å². The molecule has 1 aromatic rings. The Kier molecular flexibility index (Phi) is 6.56. The molecule has 0 spiro atoms. The van der Waals surface area contributed by atoms with E-state index in [0.717, 1.165) is 16.5 Å². The van der Waals surface area contributed by atoms with Crippen molar-refractivity contribution in [3.8, 4) is 0 Å². The first-order chi connectivity index (χ1) is 9.02. The third-order valence-electron chi connectivity index (χ3n) is 2.81. The molecule has 0 fully saturated rings. The Labute approximate surface area is 121 Å². The minimum atomic E-state index is -0.856. The van der Waals surface area contributed by atoms with E-state index >= 15 is 0 Å². The molecule has 0 heterocycles. The van der Waals surface area contributed by atoms with Crippen molar-refractivity contribution < 1.29 is 14.7 Å². The van der Waals surface area contributed by atoms with Gasteiger partial charge in [0.25, 0.3) is 0 Å². The first-order valence-corrected chi connectivity index (χ1v) is 7.06. The summed E-state index contributed by atoms with van der Waals surface area (Å²) in [4.78, 5) is 22.7. The Balaban J connectivity index is 2.42. The highest BCUT2D eigenvalue weighted by atomic mass is 79.9. The van der Waals surface area contributed by atoms with Gasteiger partial charge in [-0.2, -0.15) is 0 Å². The van der Waals surface area contributed by atoms with E-state index in [1.54, 1.807) is 0 Å². The van der Waals surface area contributed by atoms with Crippen LogP contribution in [0.1, 0.15) is 25.3 Å². The third-order valence-corrected chi connectivity index (χ3v) is 3.34. The monoisotopic (exact) mass is 327 g/mol. The molecule has 1 aromatic carbocycles. The van der Waals surface area contributed by atoms with E-state index in [1.807, 2.05) is 31.2 Å². The van der Waals surface area contributed by atoms with Crippen LogP contribution in [0, 0.1) is 5.92 Å². The van der Waals surface area contributed by atoms with Crippen molar-refractivity contribution in [2.45, 2.75) is 26.2 Å². The van der Waals surface area contributed by atoms with Crippen LogP contribution < -0.4 is 5.32 Å². The summed E-state index contributed by atoms with van der Waals surface area (Å²) >= 11 is 3.33. The van der Waals surface area contributed by atoms with Crippen molar-refractivity contribution >= 4 is 27.8 Å². The molecule has 0 bridgehead atoms. The molecule has 1 rings (SSSR count). The number of carbonyl (C=O) groups excluding carboxylic acids is 1. The molecule has 5 heteroatoms. The minimum Gasteiger partial charge on any atom is -0.481 e. The van der Waals surface area contributed by atoms with E-state index in [4.69, 9.17) is 5.11 Å². The highest BCUT2D eigenvalue weighted by Gasteiger charge is 2.17. The maximum absolute atomic E-state index is 11.7. The van der Waals surface area contributed by atoms with Gasteiger partial charge in [0.2, 0.25) is 5.91 Å². The smallest absolute Gasteiger partial charge is 0.308 e.